The van der Waals surface area contributed by atoms with E-state index in [2.05, 4.69) is 22.9 Å². The van der Waals surface area contributed by atoms with Crippen LogP contribution in [0.2, 0.25) is 0 Å². The van der Waals surface area contributed by atoms with Crippen molar-refractivity contribution in [2.45, 2.75) is 52.5 Å². The predicted octanol–water partition coefficient (Wildman–Crippen LogP) is 1.19. The Morgan fingerprint density at radius 1 is 1.32 bits per heavy atom. The minimum Gasteiger partial charge on any atom is -0.348 e. The number of piperazine rings is 1. The third-order valence-corrected chi connectivity index (χ3v) is 5.54. The highest BCUT2D eigenvalue weighted by Gasteiger charge is 2.25. The Morgan fingerprint density at radius 3 is 2.88 bits per heavy atom. The molecule has 3 rings (SSSR count). The number of carbonyl (C=O) groups is 2. The first kappa shape index (κ1) is 17.9. The summed E-state index contributed by atoms with van der Waals surface area (Å²) in [5.41, 5.74) is 4.62. The minimum absolute atomic E-state index is 0.0419. The highest BCUT2D eigenvalue weighted by Crippen LogP contribution is 2.22. The Labute approximate surface area is 150 Å². The van der Waals surface area contributed by atoms with Crippen LogP contribution in [-0.4, -0.2) is 42.4 Å². The van der Waals surface area contributed by atoms with Gasteiger partial charge >= 0.3 is 0 Å². The van der Waals surface area contributed by atoms with Crippen molar-refractivity contribution in [3.63, 3.8) is 0 Å². The molecule has 5 nitrogen and oxygen atoms in total. The van der Waals surface area contributed by atoms with Gasteiger partial charge in [0.1, 0.15) is 6.54 Å². The molecule has 1 amide bonds. The molecule has 5 heteroatoms. The van der Waals surface area contributed by atoms with Gasteiger partial charge in [0.05, 0.1) is 13.1 Å². The molecule has 0 aromatic carbocycles. The Kier molecular flexibility index (Phi) is 5.74. The molecular formula is C20H30N3O2+. The Morgan fingerprint density at radius 2 is 2.16 bits per heavy atom. The average molecular weight is 344 g/mol. The molecule has 2 heterocycles. The molecule has 1 aliphatic carbocycles. The van der Waals surface area contributed by atoms with Gasteiger partial charge in [-0.1, -0.05) is 11.6 Å². The van der Waals surface area contributed by atoms with E-state index in [9.17, 15) is 9.59 Å². The molecule has 0 spiro atoms. The van der Waals surface area contributed by atoms with Crippen LogP contribution in [0, 0.1) is 13.8 Å². The van der Waals surface area contributed by atoms with Crippen molar-refractivity contribution in [3.8, 4) is 0 Å². The molecule has 0 radical (unpaired) electrons. The Hall–Kier alpha value is -1.88. The first-order valence-electron chi connectivity index (χ1n) is 9.52. The van der Waals surface area contributed by atoms with Crippen LogP contribution in [0.15, 0.2) is 17.7 Å². The SMILES string of the molecule is Cc1cc(C(=O)C[NH+]2CCNC(=O)C2)c(C)n1CCC1=CCCCC1. The second kappa shape index (κ2) is 8.00. The van der Waals surface area contributed by atoms with E-state index in [1.54, 1.807) is 5.57 Å². The number of aromatic nitrogens is 1. The van der Waals surface area contributed by atoms with Crippen molar-refractivity contribution >= 4 is 11.7 Å². The van der Waals surface area contributed by atoms with Gasteiger partial charge < -0.3 is 14.8 Å². The maximum absolute atomic E-state index is 12.7. The molecule has 2 N–H and O–H groups in total. The molecule has 1 atom stereocenters. The molecule has 1 fully saturated rings. The highest BCUT2D eigenvalue weighted by molar-refractivity contribution is 5.98. The minimum atomic E-state index is 0.0419. The monoisotopic (exact) mass is 344 g/mol. The summed E-state index contributed by atoms with van der Waals surface area (Å²) in [4.78, 5) is 25.3. The molecule has 2 aliphatic rings. The summed E-state index contributed by atoms with van der Waals surface area (Å²) in [7, 11) is 0. The number of allylic oxidation sites excluding steroid dienone is 2. The Bertz CT molecular complexity index is 687. The van der Waals surface area contributed by atoms with Crippen molar-refractivity contribution in [1.29, 1.82) is 0 Å². The lowest BCUT2D eigenvalue weighted by Crippen LogP contribution is -3.16. The van der Waals surface area contributed by atoms with Gasteiger partial charge in [0, 0.05) is 23.5 Å². The van der Waals surface area contributed by atoms with Crippen LogP contribution in [-0.2, 0) is 11.3 Å². The number of quaternary nitrogens is 1. The predicted molar refractivity (Wildman–Crippen MR) is 98.0 cm³/mol. The number of ketones is 1. The molecule has 25 heavy (non-hydrogen) atoms. The largest absolute Gasteiger partial charge is 0.348 e. The van der Waals surface area contributed by atoms with Crippen LogP contribution in [0.4, 0.5) is 0 Å². The quantitative estimate of drug-likeness (QED) is 0.602. The number of carbonyl (C=O) groups excluding carboxylic acids is 2. The van der Waals surface area contributed by atoms with Crippen molar-refractivity contribution in [2.75, 3.05) is 26.2 Å². The van der Waals surface area contributed by atoms with E-state index in [0.29, 0.717) is 19.6 Å². The van der Waals surface area contributed by atoms with E-state index in [0.717, 1.165) is 41.4 Å². The number of aryl methyl sites for hydroxylation is 1. The molecule has 0 saturated carbocycles. The molecular weight excluding hydrogens is 314 g/mol. The number of hydrogen-bond donors (Lipinski definition) is 2. The lowest BCUT2D eigenvalue weighted by molar-refractivity contribution is -0.884. The lowest BCUT2D eigenvalue weighted by atomic mass is 9.97. The highest BCUT2D eigenvalue weighted by atomic mass is 16.2. The second-order valence-electron chi connectivity index (χ2n) is 7.42. The molecule has 0 bridgehead atoms. The summed E-state index contributed by atoms with van der Waals surface area (Å²) < 4.78 is 2.28. The number of amides is 1. The van der Waals surface area contributed by atoms with E-state index in [4.69, 9.17) is 0 Å². The zero-order valence-corrected chi connectivity index (χ0v) is 15.5. The third-order valence-electron chi connectivity index (χ3n) is 5.54. The average Bonchev–Trinajstić information content (AvgIpc) is 2.88. The molecule has 1 saturated heterocycles. The van der Waals surface area contributed by atoms with Crippen LogP contribution in [0.25, 0.3) is 0 Å². The van der Waals surface area contributed by atoms with Crippen molar-refractivity contribution in [1.82, 2.24) is 9.88 Å². The van der Waals surface area contributed by atoms with Gasteiger partial charge in [-0.05, 0) is 52.0 Å². The number of nitrogens with zero attached hydrogens (tertiary/aromatic N) is 1. The van der Waals surface area contributed by atoms with Crippen LogP contribution in [0.3, 0.4) is 0 Å². The van der Waals surface area contributed by atoms with Gasteiger partial charge in [0.25, 0.3) is 5.91 Å². The molecule has 1 aliphatic heterocycles. The smallest absolute Gasteiger partial charge is 0.275 e. The molecule has 136 valence electrons. The van der Waals surface area contributed by atoms with Crippen LogP contribution in [0.1, 0.15) is 53.8 Å². The van der Waals surface area contributed by atoms with Crippen LogP contribution < -0.4 is 10.2 Å². The molecule has 1 unspecified atom stereocenters. The maximum atomic E-state index is 12.7. The number of rotatable bonds is 6. The first-order chi connectivity index (χ1) is 12.0. The van der Waals surface area contributed by atoms with Crippen molar-refractivity contribution in [2.24, 2.45) is 0 Å². The van der Waals surface area contributed by atoms with E-state index >= 15 is 0 Å². The van der Waals surface area contributed by atoms with Crippen molar-refractivity contribution in [3.05, 3.63) is 34.7 Å². The van der Waals surface area contributed by atoms with E-state index < -0.39 is 0 Å². The zero-order chi connectivity index (χ0) is 17.8. The van der Waals surface area contributed by atoms with Gasteiger partial charge in [-0.3, -0.25) is 9.59 Å². The summed E-state index contributed by atoms with van der Waals surface area (Å²) in [5.74, 6) is 0.196. The second-order valence-corrected chi connectivity index (χ2v) is 7.42. The number of nitrogens with one attached hydrogen (secondary N) is 2. The van der Waals surface area contributed by atoms with Gasteiger partial charge in [-0.15, -0.1) is 0 Å². The van der Waals surface area contributed by atoms with E-state index in [-0.39, 0.29) is 11.7 Å². The zero-order valence-electron chi connectivity index (χ0n) is 15.5. The van der Waals surface area contributed by atoms with Crippen molar-refractivity contribution < 1.29 is 14.5 Å². The van der Waals surface area contributed by atoms with Crippen LogP contribution >= 0.6 is 0 Å². The number of hydrogen-bond acceptors (Lipinski definition) is 2. The van der Waals surface area contributed by atoms with Gasteiger partial charge in [0.15, 0.2) is 6.54 Å². The summed E-state index contributed by atoms with van der Waals surface area (Å²) in [6.07, 6.45) is 8.56. The summed E-state index contributed by atoms with van der Waals surface area (Å²) in [6.45, 7) is 7.38. The fourth-order valence-corrected chi connectivity index (χ4v) is 4.04. The maximum Gasteiger partial charge on any atom is 0.275 e. The summed E-state index contributed by atoms with van der Waals surface area (Å²) in [5, 5.41) is 2.82. The standard InChI is InChI=1S/C20H29N3O2/c1-15-12-18(19(24)13-22-11-9-21-20(25)14-22)16(2)23(15)10-8-17-6-4-3-5-7-17/h6,12H,3-5,7-11,13-14H2,1-2H3,(H,21,25)/p+1. The fraction of sp³-hybridized carbons (Fsp3) is 0.600. The summed E-state index contributed by atoms with van der Waals surface area (Å²) in [6, 6.07) is 2.02. The van der Waals surface area contributed by atoms with E-state index in [1.807, 2.05) is 13.0 Å². The molecule has 1 aromatic heterocycles. The first-order valence-corrected chi connectivity index (χ1v) is 9.52. The third kappa shape index (κ3) is 4.40. The van der Waals surface area contributed by atoms with E-state index in [1.165, 1.54) is 25.7 Å². The Balaban J connectivity index is 1.64. The van der Waals surface area contributed by atoms with Gasteiger partial charge in [0.2, 0.25) is 5.78 Å². The summed E-state index contributed by atoms with van der Waals surface area (Å²) >= 11 is 0. The topological polar surface area (TPSA) is 55.5 Å². The van der Waals surface area contributed by atoms with Gasteiger partial charge in [-0.25, -0.2) is 0 Å². The van der Waals surface area contributed by atoms with Crippen LogP contribution in [0.5, 0.6) is 0 Å². The number of Topliss-reactive ketones (excluding diaryl/α,β-unsaturated/α-hetero) is 1. The lowest BCUT2D eigenvalue weighted by Gasteiger charge is -2.22. The van der Waals surface area contributed by atoms with Gasteiger partial charge in [-0.2, -0.15) is 0 Å². The fourth-order valence-electron chi connectivity index (χ4n) is 4.04. The molecule has 1 aromatic rings. The normalized spacial score (nSPS) is 21.0.